The van der Waals surface area contributed by atoms with E-state index in [4.69, 9.17) is 14.6 Å². The van der Waals surface area contributed by atoms with Crippen molar-refractivity contribution in [3.8, 4) is 22.8 Å². The molecule has 0 spiro atoms. The van der Waals surface area contributed by atoms with Gasteiger partial charge >= 0.3 is 12.3 Å². The second-order valence-electron chi connectivity index (χ2n) is 11.4. The summed E-state index contributed by atoms with van der Waals surface area (Å²) in [4.78, 5) is 34.6. The third-order valence-corrected chi connectivity index (χ3v) is 8.32. The van der Waals surface area contributed by atoms with Crippen molar-refractivity contribution in [2.75, 3.05) is 37.9 Å². The first-order valence-corrected chi connectivity index (χ1v) is 15.3. The first-order valence-electron chi connectivity index (χ1n) is 15.3. The molecule has 0 radical (unpaired) electrons. The first-order chi connectivity index (χ1) is 23.5. The molecule has 0 saturated carbocycles. The lowest BCUT2D eigenvalue weighted by atomic mass is 10.0. The predicted molar refractivity (Wildman–Crippen MR) is 175 cm³/mol. The summed E-state index contributed by atoms with van der Waals surface area (Å²) in [6.07, 6.45) is -1.54. The molecule has 0 unspecified atom stereocenters. The van der Waals surface area contributed by atoms with Crippen LogP contribution in [0.15, 0.2) is 73.1 Å². The molecular formula is C34H32F3N7O5. The van der Waals surface area contributed by atoms with Crippen LogP contribution in [0, 0.1) is 0 Å². The number of amides is 2. The van der Waals surface area contributed by atoms with E-state index in [0.29, 0.717) is 53.5 Å². The minimum Gasteiger partial charge on any atom is -0.497 e. The van der Waals surface area contributed by atoms with Crippen LogP contribution in [0.4, 0.5) is 29.6 Å². The fourth-order valence-corrected chi connectivity index (χ4v) is 5.85. The van der Waals surface area contributed by atoms with E-state index in [9.17, 15) is 27.9 Å². The molecule has 0 aliphatic carbocycles. The van der Waals surface area contributed by atoms with Gasteiger partial charge in [-0.2, -0.15) is 18.3 Å². The number of rotatable bonds is 9. The number of anilines is 2. The molecule has 12 nitrogen and oxygen atoms in total. The molecule has 2 aromatic carbocycles. The molecule has 1 aliphatic rings. The third-order valence-electron chi connectivity index (χ3n) is 8.32. The van der Waals surface area contributed by atoms with Crippen molar-refractivity contribution in [1.29, 1.82) is 0 Å². The molecule has 1 fully saturated rings. The lowest BCUT2D eigenvalue weighted by Gasteiger charge is -2.31. The van der Waals surface area contributed by atoms with Crippen molar-refractivity contribution < 1.29 is 37.3 Å². The maximum absolute atomic E-state index is 13.1. The van der Waals surface area contributed by atoms with Crippen molar-refractivity contribution in [1.82, 2.24) is 24.6 Å². The number of carbonyl (C=O) groups excluding carboxylic acids is 1. The van der Waals surface area contributed by atoms with Crippen molar-refractivity contribution in [3.05, 3.63) is 89.7 Å². The molecule has 3 aromatic heterocycles. The van der Waals surface area contributed by atoms with Crippen LogP contribution in [0.1, 0.15) is 40.4 Å². The van der Waals surface area contributed by atoms with Gasteiger partial charge in [0.2, 0.25) is 0 Å². The van der Waals surface area contributed by atoms with E-state index in [0.717, 1.165) is 35.8 Å². The lowest BCUT2D eigenvalue weighted by molar-refractivity contribution is -0.137. The number of nitrogens with zero attached hydrogens (tertiary/aromatic N) is 5. The Morgan fingerprint density at radius 1 is 1.00 bits per heavy atom. The third kappa shape index (κ3) is 7.05. The molecule has 1 saturated heterocycles. The summed E-state index contributed by atoms with van der Waals surface area (Å²) in [5.74, 6) is 0.935. The van der Waals surface area contributed by atoms with Crippen molar-refractivity contribution in [2.24, 2.45) is 0 Å². The van der Waals surface area contributed by atoms with Crippen molar-refractivity contribution in [2.45, 2.75) is 31.6 Å². The van der Waals surface area contributed by atoms with Gasteiger partial charge in [0.15, 0.2) is 0 Å². The van der Waals surface area contributed by atoms with Crippen LogP contribution >= 0.6 is 0 Å². The van der Waals surface area contributed by atoms with Gasteiger partial charge in [0.05, 0.1) is 36.7 Å². The van der Waals surface area contributed by atoms with Gasteiger partial charge in [0.1, 0.15) is 28.8 Å². The molecule has 2 amide bonds. The molecule has 0 bridgehead atoms. The number of aromatic nitrogens is 4. The van der Waals surface area contributed by atoms with Gasteiger partial charge in [-0.3, -0.25) is 9.48 Å². The number of carbonyl (C=O) groups is 2. The Morgan fingerprint density at radius 2 is 1.78 bits per heavy atom. The van der Waals surface area contributed by atoms with E-state index in [1.807, 2.05) is 22.9 Å². The molecular weight excluding hydrogens is 643 g/mol. The van der Waals surface area contributed by atoms with Crippen LogP contribution in [-0.2, 0) is 12.7 Å². The fraction of sp³-hybridized carbons (Fsp3) is 0.265. The second-order valence-corrected chi connectivity index (χ2v) is 11.4. The zero-order valence-corrected chi connectivity index (χ0v) is 26.5. The zero-order chi connectivity index (χ0) is 34.7. The van der Waals surface area contributed by atoms with E-state index >= 15 is 0 Å². The maximum Gasteiger partial charge on any atom is 0.416 e. The smallest absolute Gasteiger partial charge is 0.416 e. The SMILES string of the molecule is COc1ccc(CNc2nccc3c2c(-c2ccc(C(=O)Nc4cc(C(F)(F)F)ccn4)cc2)nn3[C@@H]2CCCN(C(=O)O)C2)c(OC)c1. The predicted octanol–water partition coefficient (Wildman–Crippen LogP) is 6.71. The van der Waals surface area contributed by atoms with E-state index in [-0.39, 0.29) is 24.0 Å². The van der Waals surface area contributed by atoms with Crippen molar-refractivity contribution in [3.63, 3.8) is 0 Å². The zero-order valence-electron chi connectivity index (χ0n) is 26.5. The number of hydrogen-bond acceptors (Lipinski definition) is 8. The summed E-state index contributed by atoms with van der Waals surface area (Å²) in [7, 11) is 3.15. The number of piperidine rings is 1. The number of halogens is 3. The highest BCUT2D eigenvalue weighted by Crippen LogP contribution is 2.37. The number of fused-ring (bicyclic) bond motifs is 1. The minimum atomic E-state index is -4.58. The average Bonchev–Trinajstić information content (AvgIpc) is 3.51. The average molecular weight is 676 g/mol. The number of benzene rings is 2. The minimum absolute atomic E-state index is 0.194. The molecule has 4 heterocycles. The lowest BCUT2D eigenvalue weighted by Crippen LogP contribution is -2.40. The van der Waals surface area contributed by atoms with Gasteiger partial charge in [-0.05, 0) is 55.3 Å². The van der Waals surface area contributed by atoms with Gasteiger partial charge in [-0.25, -0.2) is 14.8 Å². The van der Waals surface area contributed by atoms with Gasteiger partial charge in [-0.1, -0.05) is 12.1 Å². The Kier molecular flexibility index (Phi) is 9.25. The number of carboxylic acid groups (broad SMARTS) is 1. The Balaban J connectivity index is 1.35. The highest BCUT2D eigenvalue weighted by molar-refractivity contribution is 6.05. The molecule has 254 valence electrons. The number of pyridine rings is 2. The molecule has 5 aromatic rings. The maximum atomic E-state index is 13.1. The summed E-state index contributed by atoms with van der Waals surface area (Å²) < 4.78 is 52.2. The Hall–Kier alpha value is -5.86. The second kappa shape index (κ2) is 13.7. The Morgan fingerprint density at radius 3 is 2.49 bits per heavy atom. The molecule has 15 heteroatoms. The summed E-state index contributed by atoms with van der Waals surface area (Å²) >= 11 is 0. The summed E-state index contributed by atoms with van der Waals surface area (Å²) in [5, 5.41) is 21.2. The Labute approximate surface area is 278 Å². The van der Waals surface area contributed by atoms with Crippen LogP contribution in [0.3, 0.4) is 0 Å². The summed E-state index contributed by atoms with van der Waals surface area (Å²) in [6.45, 7) is 1.06. The normalized spacial score (nSPS) is 14.8. The van der Waals surface area contributed by atoms with Crippen LogP contribution in [-0.4, -0.2) is 69.1 Å². The van der Waals surface area contributed by atoms with Gasteiger partial charge in [0, 0.05) is 54.8 Å². The summed E-state index contributed by atoms with van der Waals surface area (Å²) in [6, 6.07) is 15.2. The van der Waals surface area contributed by atoms with Crippen LogP contribution in [0.5, 0.6) is 11.5 Å². The van der Waals surface area contributed by atoms with E-state index in [1.165, 1.54) is 4.90 Å². The number of methoxy groups -OCH3 is 2. The standard InChI is InChI=1S/C34H32F3N7O5/c1-48-25-10-9-22(27(17-25)49-2)18-40-31-29-26(12-14-39-31)44(24-4-3-15-43(19-24)33(46)47)42-30(29)20-5-7-21(8-6-20)32(45)41-28-16-23(11-13-38-28)34(35,36)37/h5-14,16-17,24H,3-4,15,18-19H2,1-2H3,(H,39,40)(H,46,47)(H,38,41,45)/t24-/m1/s1. The number of nitrogens with one attached hydrogen (secondary N) is 2. The number of likely N-dealkylation sites (tertiary alicyclic amines) is 1. The highest BCUT2D eigenvalue weighted by atomic mass is 19.4. The fourth-order valence-electron chi connectivity index (χ4n) is 5.85. The largest absolute Gasteiger partial charge is 0.497 e. The van der Waals surface area contributed by atoms with E-state index in [1.54, 1.807) is 50.7 Å². The van der Waals surface area contributed by atoms with Crippen LogP contribution in [0.2, 0.25) is 0 Å². The van der Waals surface area contributed by atoms with E-state index in [2.05, 4.69) is 20.6 Å². The van der Waals surface area contributed by atoms with Crippen molar-refractivity contribution >= 4 is 34.5 Å². The first kappa shape index (κ1) is 33.1. The van der Waals surface area contributed by atoms with Gasteiger partial charge < -0.3 is 30.1 Å². The number of hydrogen-bond donors (Lipinski definition) is 3. The topological polar surface area (TPSA) is 144 Å². The number of ether oxygens (including phenoxy) is 2. The van der Waals surface area contributed by atoms with Gasteiger partial charge in [0.25, 0.3) is 5.91 Å². The molecule has 1 aliphatic heterocycles. The Bertz CT molecular complexity index is 2000. The molecule has 3 N–H and O–H groups in total. The molecule has 6 rings (SSSR count). The summed E-state index contributed by atoms with van der Waals surface area (Å²) in [5.41, 5.74) is 2.05. The van der Waals surface area contributed by atoms with E-state index < -0.39 is 23.7 Å². The quantitative estimate of drug-likeness (QED) is 0.155. The monoisotopic (exact) mass is 675 g/mol. The van der Waals surface area contributed by atoms with Crippen LogP contribution in [0.25, 0.3) is 22.2 Å². The molecule has 49 heavy (non-hydrogen) atoms. The van der Waals surface area contributed by atoms with Gasteiger partial charge in [-0.15, -0.1) is 0 Å². The highest BCUT2D eigenvalue weighted by Gasteiger charge is 2.31. The number of alkyl halides is 3. The van der Waals surface area contributed by atoms with Crippen LogP contribution < -0.4 is 20.1 Å². The molecule has 1 atom stereocenters.